The van der Waals surface area contributed by atoms with Gasteiger partial charge in [0, 0.05) is 28.7 Å². The molecule has 4 rings (SSSR count). The van der Waals surface area contributed by atoms with Crippen molar-refractivity contribution in [3.8, 4) is 11.3 Å². The lowest BCUT2D eigenvalue weighted by atomic mass is 9.88. The summed E-state index contributed by atoms with van der Waals surface area (Å²) in [6.45, 7) is 8.57. The van der Waals surface area contributed by atoms with Crippen LogP contribution in [0, 0.1) is 12.9 Å². The Morgan fingerprint density at radius 3 is 2.65 bits per heavy atom. The SMILES string of the molecule is Cc1cnc(F)cc1-c1[nH]c2ccc(C3CCNCC3)cc2c1C(C)C. The third-order valence-electron chi connectivity index (χ3n) is 5.59. The molecule has 0 unspecified atom stereocenters. The Morgan fingerprint density at radius 1 is 1.15 bits per heavy atom. The summed E-state index contributed by atoms with van der Waals surface area (Å²) in [5, 5.41) is 4.71. The van der Waals surface area contributed by atoms with Crippen LogP contribution in [0.1, 0.15) is 55.2 Å². The molecule has 0 saturated carbocycles. The first-order valence-corrected chi connectivity index (χ1v) is 9.53. The van der Waals surface area contributed by atoms with E-state index in [4.69, 9.17) is 0 Å². The van der Waals surface area contributed by atoms with Crippen molar-refractivity contribution in [2.24, 2.45) is 0 Å². The fourth-order valence-corrected chi connectivity index (χ4v) is 4.22. The molecule has 4 heteroatoms. The Morgan fingerprint density at radius 2 is 1.92 bits per heavy atom. The molecule has 1 aliphatic rings. The number of hydrogen-bond donors (Lipinski definition) is 2. The third-order valence-corrected chi connectivity index (χ3v) is 5.59. The lowest BCUT2D eigenvalue weighted by Gasteiger charge is -2.23. The van der Waals surface area contributed by atoms with E-state index < -0.39 is 5.95 Å². The van der Waals surface area contributed by atoms with Crippen LogP contribution < -0.4 is 5.32 Å². The van der Waals surface area contributed by atoms with E-state index in [1.54, 1.807) is 12.3 Å². The molecular weight excluding hydrogens is 325 g/mol. The van der Waals surface area contributed by atoms with E-state index in [2.05, 4.69) is 47.3 Å². The normalized spacial score (nSPS) is 15.9. The third kappa shape index (κ3) is 3.03. The Bertz CT molecular complexity index is 936. The molecule has 1 aliphatic heterocycles. The number of nitrogens with one attached hydrogen (secondary N) is 2. The number of pyridine rings is 1. The molecule has 0 spiro atoms. The number of piperidine rings is 1. The number of halogens is 1. The lowest BCUT2D eigenvalue weighted by Crippen LogP contribution is -2.26. The van der Waals surface area contributed by atoms with Crippen LogP contribution in [0.5, 0.6) is 0 Å². The average Bonchev–Trinajstić information content (AvgIpc) is 3.03. The van der Waals surface area contributed by atoms with Crippen molar-refractivity contribution in [2.45, 2.75) is 45.4 Å². The predicted octanol–water partition coefficient (Wildman–Crippen LogP) is 5.27. The number of fused-ring (bicyclic) bond motifs is 1. The first kappa shape index (κ1) is 17.2. The first-order valence-electron chi connectivity index (χ1n) is 9.53. The first-order chi connectivity index (χ1) is 12.5. The number of aromatic nitrogens is 2. The standard InChI is InChI=1S/C22H26FN3/c1-13(2)21-18-10-16(15-6-8-24-9-7-15)4-5-19(18)26-22(21)17-11-20(23)25-12-14(17)3/h4-5,10-13,15,24,26H,6-9H2,1-3H3. The van der Waals surface area contributed by atoms with Crippen LogP contribution in [-0.2, 0) is 0 Å². The van der Waals surface area contributed by atoms with Gasteiger partial charge < -0.3 is 10.3 Å². The van der Waals surface area contributed by atoms with Gasteiger partial charge in [-0.05, 0) is 73.5 Å². The Labute approximate surface area is 154 Å². The molecule has 0 radical (unpaired) electrons. The van der Waals surface area contributed by atoms with Crippen LogP contribution in [0.15, 0.2) is 30.5 Å². The van der Waals surface area contributed by atoms with Gasteiger partial charge in [0.05, 0.1) is 5.69 Å². The Kier molecular flexibility index (Phi) is 4.53. The molecule has 1 fully saturated rings. The van der Waals surface area contributed by atoms with Gasteiger partial charge in [0.15, 0.2) is 0 Å². The molecule has 136 valence electrons. The van der Waals surface area contributed by atoms with E-state index >= 15 is 0 Å². The molecule has 1 aromatic carbocycles. The number of nitrogens with zero attached hydrogens (tertiary/aromatic N) is 1. The highest BCUT2D eigenvalue weighted by Gasteiger charge is 2.21. The Balaban J connectivity index is 1.88. The van der Waals surface area contributed by atoms with Gasteiger partial charge in [-0.3, -0.25) is 0 Å². The van der Waals surface area contributed by atoms with Crippen molar-refractivity contribution in [3.63, 3.8) is 0 Å². The fraction of sp³-hybridized carbons (Fsp3) is 0.409. The molecule has 2 aromatic heterocycles. The minimum absolute atomic E-state index is 0.345. The van der Waals surface area contributed by atoms with Crippen LogP contribution in [0.25, 0.3) is 22.2 Å². The zero-order valence-electron chi connectivity index (χ0n) is 15.7. The summed E-state index contributed by atoms with van der Waals surface area (Å²) in [5.41, 5.74) is 6.72. The largest absolute Gasteiger partial charge is 0.354 e. The summed E-state index contributed by atoms with van der Waals surface area (Å²) in [6.07, 6.45) is 3.99. The molecule has 3 heterocycles. The maximum Gasteiger partial charge on any atom is 0.213 e. The molecule has 26 heavy (non-hydrogen) atoms. The van der Waals surface area contributed by atoms with E-state index in [9.17, 15) is 4.39 Å². The van der Waals surface area contributed by atoms with Crippen molar-refractivity contribution in [3.05, 3.63) is 53.1 Å². The number of hydrogen-bond acceptors (Lipinski definition) is 2. The molecule has 3 aromatic rings. The topological polar surface area (TPSA) is 40.7 Å². The second-order valence-electron chi connectivity index (χ2n) is 7.72. The van der Waals surface area contributed by atoms with Crippen LogP contribution in [0.2, 0.25) is 0 Å². The highest BCUT2D eigenvalue weighted by Crippen LogP contribution is 2.38. The zero-order valence-corrected chi connectivity index (χ0v) is 15.7. The second kappa shape index (κ2) is 6.84. The van der Waals surface area contributed by atoms with Gasteiger partial charge >= 0.3 is 0 Å². The maximum atomic E-state index is 13.8. The molecule has 1 saturated heterocycles. The maximum absolute atomic E-state index is 13.8. The van der Waals surface area contributed by atoms with Crippen molar-refractivity contribution in [1.82, 2.24) is 15.3 Å². The van der Waals surface area contributed by atoms with Gasteiger partial charge in [-0.15, -0.1) is 0 Å². The predicted molar refractivity (Wildman–Crippen MR) is 105 cm³/mol. The summed E-state index contributed by atoms with van der Waals surface area (Å²) < 4.78 is 13.8. The van der Waals surface area contributed by atoms with Gasteiger partial charge in [0.25, 0.3) is 0 Å². The summed E-state index contributed by atoms with van der Waals surface area (Å²) in [7, 11) is 0. The van der Waals surface area contributed by atoms with Crippen molar-refractivity contribution in [1.29, 1.82) is 0 Å². The van der Waals surface area contributed by atoms with Gasteiger partial charge in [0.2, 0.25) is 5.95 Å². The minimum atomic E-state index is -0.436. The van der Waals surface area contributed by atoms with Gasteiger partial charge in [-0.25, -0.2) is 4.98 Å². The molecular formula is C22H26FN3. The van der Waals surface area contributed by atoms with E-state index in [1.165, 1.54) is 29.4 Å². The number of benzene rings is 1. The molecule has 2 N–H and O–H groups in total. The smallest absolute Gasteiger partial charge is 0.213 e. The lowest BCUT2D eigenvalue weighted by molar-refractivity contribution is 0.460. The van der Waals surface area contributed by atoms with E-state index in [-0.39, 0.29) is 0 Å². The highest BCUT2D eigenvalue weighted by atomic mass is 19.1. The molecule has 0 amide bonds. The van der Waals surface area contributed by atoms with Gasteiger partial charge in [-0.2, -0.15) is 4.39 Å². The molecule has 0 aliphatic carbocycles. The minimum Gasteiger partial charge on any atom is -0.354 e. The van der Waals surface area contributed by atoms with Crippen LogP contribution in [0.3, 0.4) is 0 Å². The monoisotopic (exact) mass is 351 g/mol. The fourth-order valence-electron chi connectivity index (χ4n) is 4.22. The van der Waals surface area contributed by atoms with Crippen LogP contribution in [-0.4, -0.2) is 23.1 Å². The van der Waals surface area contributed by atoms with E-state index in [0.29, 0.717) is 11.8 Å². The highest BCUT2D eigenvalue weighted by molar-refractivity contribution is 5.92. The zero-order chi connectivity index (χ0) is 18.3. The number of aryl methyl sites for hydroxylation is 1. The van der Waals surface area contributed by atoms with Gasteiger partial charge in [0.1, 0.15) is 0 Å². The second-order valence-corrected chi connectivity index (χ2v) is 7.72. The Hall–Kier alpha value is -2.20. The number of H-pyrrole nitrogens is 1. The summed E-state index contributed by atoms with van der Waals surface area (Å²) >= 11 is 0. The van der Waals surface area contributed by atoms with E-state index in [1.807, 2.05) is 6.92 Å². The van der Waals surface area contributed by atoms with Crippen molar-refractivity contribution >= 4 is 10.9 Å². The van der Waals surface area contributed by atoms with Crippen molar-refractivity contribution in [2.75, 3.05) is 13.1 Å². The van der Waals surface area contributed by atoms with Crippen LogP contribution >= 0.6 is 0 Å². The van der Waals surface area contributed by atoms with E-state index in [0.717, 1.165) is 35.4 Å². The molecule has 0 atom stereocenters. The summed E-state index contributed by atoms with van der Waals surface area (Å²) in [4.78, 5) is 7.34. The average molecular weight is 351 g/mol. The van der Waals surface area contributed by atoms with Gasteiger partial charge in [-0.1, -0.05) is 19.9 Å². The molecule has 0 bridgehead atoms. The van der Waals surface area contributed by atoms with Crippen molar-refractivity contribution < 1.29 is 4.39 Å². The quantitative estimate of drug-likeness (QED) is 0.631. The summed E-state index contributed by atoms with van der Waals surface area (Å²) in [5.74, 6) is 0.533. The summed E-state index contributed by atoms with van der Waals surface area (Å²) in [6, 6.07) is 8.34. The number of rotatable bonds is 3. The van der Waals surface area contributed by atoms with Crippen LogP contribution in [0.4, 0.5) is 4.39 Å². The number of aromatic amines is 1. The molecule has 3 nitrogen and oxygen atoms in total.